The van der Waals surface area contributed by atoms with E-state index in [-0.39, 0.29) is 23.2 Å². The van der Waals surface area contributed by atoms with Gasteiger partial charge in [0.1, 0.15) is 5.82 Å². The highest BCUT2D eigenvalue weighted by molar-refractivity contribution is 7.89. The van der Waals surface area contributed by atoms with Crippen LogP contribution in [0.1, 0.15) is 13.8 Å². The Morgan fingerprint density at radius 2 is 1.69 bits per heavy atom. The van der Waals surface area contributed by atoms with Gasteiger partial charge in [0.2, 0.25) is 15.9 Å². The predicted molar refractivity (Wildman–Crippen MR) is 109 cm³/mol. The first-order chi connectivity index (χ1) is 13.6. The first kappa shape index (κ1) is 22.3. The maximum atomic E-state index is 13.5. The highest BCUT2D eigenvalue weighted by Gasteiger charge is 2.22. The number of amides is 3. The molecule has 0 atom stereocenters. The Hall–Kier alpha value is -2.98. The fourth-order valence-corrected chi connectivity index (χ4v) is 3.63. The topological polar surface area (TPSA) is 108 Å². The van der Waals surface area contributed by atoms with Crippen molar-refractivity contribution in [1.82, 2.24) is 9.62 Å². The van der Waals surface area contributed by atoms with Crippen molar-refractivity contribution in [2.24, 2.45) is 0 Å². The van der Waals surface area contributed by atoms with Crippen LogP contribution in [0.3, 0.4) is 0 Å². The van der Waals surface area contributed by atoms with Gasteiger partial charge in [-0.3, -0.25) is 10.1 Å². The highest BCUT2D eigenvalue weighted by Crippen LogP contribution is 2.19. The van der Waals surface area contributed by atoms with E-state index >= 15 is 0 Å². The Morgan fingerprint density at radius 3 is 2.28 bits per heavy atom. The number of hydrogen-bond acceptors (Lipinski definition) is 5. The lowest BCUT2D eigenvalue weighted by atomic mass is 10.3. The van der Waals surface area contributed by atoms with Gasteiger partial charge in [-0.05, 0) is 50.2 Å². The zero-order valence-electron chi connectivity index (χ0n) is 16.3. The molecule has 0 spiro atoms. The van der Waals surface area contributed by atoms with Crippen LogP contribution in [0.5, 0.6) is 0 Å². The number of sulfonamides is 1. The average Bonchev–Trinajstić information content (AvgIpc) is 2.67. The van der Waals surface area contributed by atoms with E-state index in [9.17, 15) is 22.4 Å². The van der Waals surface area contributed by atoms with E-state index in [1.807, 2.05) is 0 Å². The summed E-state index contributed by atoms with van der Waals surface area (Å²) in [5.41, 5.74) is 0.453. The molecule has 3 N–H and O–H groups in total. The van der Waals surface area contributed by atoms with Crippen LogP contribution in [-0.2, 0) is 14.8 Å². The van der Waals surface area contributed by atoms with Crippen molar-refractivity contribution in [3.8, 4) is 0 Å². The van der Waals surface area contributed by atoms with Crippen LogP contribution in [0, 0.1) is 5.82 Å². The van der Waals surface area contributed by atoms with Gasteiger partial charge in [-0.2, -0.15) is 4.31 Å². The fourth-order valence-electron chi connectivity index (χ4n) is 2.26. The van der Waals surface area contributed by atoms with Crippen LogP contribution >= 0.6 is 0 Å². The Morgan fingerprint density at radius 1 is 1.07 bits per heavy atom. The Kier molecular flexibility index (Phi) is 7.29. The molecule has 156 valence electrons. The van der Waals surface area contributed by atoms with E-state index < -0.39 is 27.8 Å². The van der Waals surface area contributed by atoms with Crippen molar-refractivity contribution in [2.45, 2.75) is 24.8 Å². The Balaban J connectivity index is 1.89. The number of imide groups is 1. The highest BCUT2D eigenvalue weighted by atomic mass is 32.2. The summed E-state index contributed by atoms with van der Waals surface area (Å²) in [6, 6.07) is 10.4. The number of urea groups is 1. The van der Waals surface area contributed by atoms with Gasteiger partial charge in [0.15, 0.2) is 0 Å². The zero-order chi connectivity index (χ0) is 21.6. The number of carbonyl (C=O) groups excluding carboxylic acids is 2. The van der Waals surface area contributed by atoms with Crippen LogP contribution < -0.4 is 16.0 Å². The lowest BCUT2D eigenvalue weighted by Crippen LogP contribution is -2.38. The molecule has 0 heterocycles. The second kappa shape index (κ2) is 9.48. The normalized spacial score (nSPS) is 11.4. The van der Waals surface area contributed by atoms with Crippen molar-refractivity contribution in [3.05, 3.63) is 54.3 Å². The number of nitrogens with zero attached hydrogens (tertiary/aromatic N) is 1. The van der Waals surface area contributed by atoms with Crippen molar-refractivity contribution in [1.29, 1.82) is 0 Å². The molecule has 0 saturated heterocycles. The van der Waals surface area contributed by atoms with Gasteiger partial charge in [-0.1, -0.05) is 12.1 Å². The van der Waals surface area contributed by atoms with E-state index in [1.165, 1.54) is 53.8 Å². The summed E-state index contributed by atoms with van der Waals surface area (Å²) >= 11 is 0. The number of carbonyl (C=O) groups is 2. The summed E-state index contributed by atoms with van der Waals surface area (Å²) in [5, 5.41) is 7.09. The fraction of sp³-hybridized carbons (Fsp3) is 0.263. The molecule has 3 amide bonds. The van der Waals surface area contributed by atoms with Crippen molar-refractivity contribution in [2.75, 3.05) is 24.2 Å². The van der Waals surface area contributed by atoms with E-state index in [2.05, 4.69) is 16.0 Å². The summed E-state index contributed by atoms with van der Waals surface area (Å²) in [6.07, 6.45) is 0. The Labute approximate surface area is 169 Å². The second-order valence-electron chi connectivity index (χ2n) is 6.48. The maximum Gasteiger partial charge on any atom is 0.326 e. The molecule has 2 rings (SSSR count). The second-order valence-corrected chi connectivity index (χ2v) is 8.47. The first-order valence-electron chi connectivity index (χ1n) is 8.78. The molecule has 0 aliphatic heterocycles. The molecule has 0 aromatic heterocycles. The monoisotopic (exact) mass is 422 g/mol. The third-order valence-corrected chi connectivity index (χ3v) is 6.13. The van der Waals surface area contributed by atoms with E-state index in [1.54, 1.807) is 19.9 Å². The molecular formula is C19H23FN4O4S. The largest absolute Gasteiger partial charge is 0.376 e. The molecule has 2 aromatic rings. The number of rotatable bonds is 7. The quantitative estimate of drug-likeness (QED) is 0.636. The molecule has 0 fully saturated rings. The van der Waals surface area contributed by atoms with Crippen LogP contribution in [0.2, 0.25) is 0 Å². The molecule has 0 aliphatic rings. The van der Waals surface area contributed by atoms with Gasteiger partial charge >= 0.3 is 6.03 Å². The van der Waals surface area contributed by atoms with Gasteiger partial charge in [0.05, 0.1) is 17.1 Å². The Bertz CT molecular complexity index is 978. The third-order valence-electron chi connectivity index (χ3n) is 4.09. The summed E-state index contributed by atoms with van der Waals surface area (Å²) in [6.45, 7) is 3.31. The maximum absolute atomic E-state index is 13.5. The predicted octanol–water partition coefficient (Wildman–Crippen LogP) is 2.61. The number of anilines is 2. The number of halogens is 1. The number of benzene rings is 2. The van der Waals surface area contributed by atoms with E-state index in [4.69, 9.17) is 0 Å². The minimum atomic E-state index is -3.59. The number of hydrogen-bond donors (Lipinski definition) is 3. The summed E-state index contributed by atoms with van der Waals surface area (Å²) < 4.78 is 39.6. The molecule has 0 saturated carbocycles. The molecule has 29 heavy (non-hydrogen) atoms. The molecule has 0 unspecified atom stereocenters. The minimum Gasteiger partial charge on any atom is -0.376 e. The molecular weight excluding hydrogens is 399 g/mol. The number of para-hydroxylation sites is 1. The van der Waals surface area contributed by atoms with Crippen LogP contribution in [0.4, 0.5) is 20.6 Å². The van der Waals surface area contributed by atoms with Gasteiger partial charge in [0, 0.05) is 18.8 Å². The number of nitrogens with one attached hydrogen (secondary N) is 3. The summed E-state index contributed by atoms with van der Waals surface area (Å²) in [7, 11) is -2.09. The van der Waals surface area contributed by atoms with Crippen LogP contribution in [0.15, 0.2) is 53.4 Å². The molecule has 2 aromatic carbocycles. The van der Waals surface area contributed by atoms with Crippen molar-refractivity contribution in [3.63, 3.8) is 0 Å². The first-order valence-corrected chi connectivity index (χ1v) is 10.2. The molecule has 0 bridgehead atoms. The molecule has 10 heteroatoms. The van der Waals surface area contributed by atoms with Crippen molar-refractivity contribution < 1.29 is 22.4 Å². The molecule has 0 aliphatic carbocycles. The van der Waals surface area contributed by atoms with Crippen LogP contribution in [0.25, 0.3) is 0 Å². The van der Waals surface area contributed by atoms with Gasteiger partial charge in [-0.25, -0.2) is 17.6 Å². The van der Waals surface area contributed by atoms with Crippen LogP contribution in [-0.4, -0.2) is 44.3 Å². The van der Waals surface area contributed by atoms with Gasteiger partial charge in [-0.15, -0.1) is 0 Å². The lowest BCUT2D eigenvalue weighted by Gasteiger charge is -2.21. The zero-order valence-corrected chi connectivity index (χ0v) is 17.1. The molecule has 0 radical (unpaired) electrons. The minimum absolute atomic E-state index is 0.0473. The SMILES string of the molecule is CC(C)N(C)S(=O)(=O)c1ccc(NCC(=O)NC(=O)Nc2ccccc2F)cc1. The van der Waals surface area contributed by atoms with E-state index in [0.717, 1.165) is 0 Å². The van der Waals surface area contributed by atoms with Crippen molar-refractivity contribution >= 4 is 33.3 Å². The van der Waals surface area contributed by atoms with Gasteiger partial charge < -0.3 is 10.6 Å². The lowest BCUT2D eigenvalue weighted by molar-refractivity contribution is -0.118. The summed E-state index contributed by atoms with van der Waals surface area (Å²) in [4.78, 5) is 23.7. The van der Waals surface area contributed by atoms with E-state index in [0.29, 0.717) is 5.69 Å². The van der Waals surface area contributed by atoms with Gasteiger partial charge in [0.25, 0.3) is 0 Å². The third kappa shape index (κ3) is 6.00. The summed E-state index contributed by atoms with van der Waals surface area (Å²) in [5.74, 6) is -1.26. The smallest absolute Gasteiger partial charge is 0.326 e. The average molecular weight is 422 g/mol. The molecule has 8 nitrogen and oxygen atoms in total. The standard InChI is InChI=1S/C19H23FN4O4S/c1-13(2)24(3)29(27,28)15-10-8-14(9-11-15)21-12-18(25)23-19(26)22-17-7-5-4-6-16(17)20/h4-11,13,21H,12H2,1-3H3,(H2,22,23,25,26).